The van der Waals surface area contributed by atoms with Crippen LogP contribution in [0.25, 0.3) is 0 Å². The average Bonchev–Trinajstić information content (AvgIpc) is 2.89. The van der Waals surface area contributed by atoms with E-state index < -0.39 is 0 Å². The van der Waals surface area contributed by atoms with Crippen LogP contribution in [-0.2, 0) is 11.2 Å². The van der Waals surface area contributed by atoms with E-state index in [1.807, 2.05) is 12.1 Å². The molecule has 0 aromatic heterocycles. The van der Waals surface area contributed by atoms with Crippen molar-refractivity contribution in [1.29, 1.82) is 0 Å². The van der Waals surface area contributed by atoms with E-state index in [2.05, 4.69) is 36.6 Å². The molecule has 3 heteroatoms. The van der Waals surface area contributed by atoms with Crippen LogP contribution in [0.1, 0.15) is 32.3 Å². The van der Waals surface area contributed by atoms with Crippen molar-refractivity contribution < 1.29 is 4.79 Å². The average molecular weight is 246 g/mol. The number of benzene rings is 1. The predicted octanol–water partition coefficient (Wildman–Crippen LogP) is 2.58. The Balaban J connectivity index is 2.10. The SMILES string of the molecule is CCc1cccc(NC(=O)C2(CC)CCNC2)c1. The lowest BCUT2D eigenvalue weighted by Gasteiger charge is -2.25. The summed E-state index contributed by atoms with van der Waals surface area (Å²) >= 11 is 0. The van der Waals surface area contributed by atoms with Gasteiger partial charge in [0.25, 0.3) is 0 Å². The summed E-state index contributed by atoms with van der Waals surface area (Å²) in [7, 11) is 0. The first kappa shape index (κ1) is 13.1. The highest BCUT2D eigenvalue weighted by molar-refractivity contribution is 5.95. The monoisotopic (exact) mass is 246 g/mol. The Bertz CT molecular complexity index is 422. The molecule has 1 heterocycles. The van der Waals surface area contributed by atoms with Gasteiger partial charge in [-0.15, -0.1) is 0 Å². The Labute approximate surface area is 109 Å². The maximum Gasteiger partial charge on any atom is 0.231 e. The van der Waals surface area contributed by atoms with E-state index in [1.54, 1.807) is 0 Å². The highest BCUT2D eigenvalue weighted by atomic mass is 16.2. The molecule has 98 valence electrons. The molecular weight excluding hydrogens is 224 g/mol. The van der Waals surface area contributed by atoms with Gasteiger partial charge < -0.3 is 10.6 Å². The summed E-state index contributed by atoms with van der Waals surface area (Å²) in [4.78, 5) is 12.4. The summed E-state index contributed by atoms with van der Waals surface area (Å²) in [6.45, 7) is 5.95. The van der Waals surface area contributed by atoms with E-state index >= 15 is 0 Å². The Morgan fingerprint density at radius 1 is 1.44 bits per heavy atom. The number of aryl methyl sites for hydroxylation is 1. The van der Waals surface area contributed by atoms with Crippen LogP contribution in [0.2, 0.25) is 0 Å². The summed E-state index contributed by atoms with van der Waals surface area (Å²) < 4.78 is 0. The van der Waals surface area contributed by atoms with Crippen molar-refractivity contribution in [2.24, 2.45) is 5.41 Å². The van der Waals surface area contributed by atoms with Gasteiger partial charge in [0.15, 0.2) is 0 Å². The zero-order valence-electron chi connectivity index (χ0n) is 11.3. The van der Waals surface area contributed by atoms with Crippen LogP contribution in [0.15, 0.2) is 24.3 Å². The van der Waals surface area contributed by atoms with Gasteiger partial charge in [-0.3, -0.25) is 4.79 Å². The molecule has 0 radical (unpaired) electrons. The number of carbonyl (C=O) groups is 1. The second-order valence-electron chi connectivity index (χ2n) is 5.07. The Morgan fingerprint density at radius 2 is 2.28 bits per heavy atom. The second-order valence-corrected chi connectivity index (χ2v) is 5.07. The summed E-state index contributed by atoms with van der Waals surface area (Å²) in [5.41, 5.74) is 1.95. The molecular formula is C15H22N2O. The molecule has 1 aliphatic rings. The molecule has 0 spiro atoms. The van der Waals surface area contributed by atoms with Crippen LogP contribution >= 0.6 is 0 Å². The zero-order valence-corrected chi connectivity index (χ0v) is 11.3. The van der Waals surface area contributed by atoms with Crippen LogP contribution in [0.3, 0.4) is 0 Å². The van der Waals surface area contributed by atoms with E-state index in [9.17, 15) is 4.79 Å². The lowest BCUT2D eigenvalue weighted by Crippen LogP contribution is -2.37. The van der Waals surface area contributed by atoms with Gasteiger partial charge in [-0.2, -0.15) is 0 Å². The standard InChI is InChI=1S/C15H22N2O/c1-3-12-6-5-7-13(10-12)17-14(18)15(4-2)8-9-16-11-15/h5-7,10,16H,3-4,8-9,11H2,1-2H3,(H,17,18). The smallest absolute Gasteiger partial charge is 0.231 e. The lowest BCUT2D eigenvalue weighted by molar-refractivity contribution is -0.124. The Morgan fingerprint density at radius 3 is 2.89 bits per heavy atom. The third kappa shape index (κ3) is 2.56. The quantitative estimate of drug-likeness (QED) is 0.857. The van der Waals surface area contributed by atoms with E-state index in [0.717, 1.165) is 38.0 Å². The molecule has 1 aliphatic heterocycles. The third-order valence-corrected chi connectivity index (χ3v) is 4.00. The van der Waals surface area contributed by atoms with Crippen LogP contribution in [-0.4, -0.2) is 19.0 Å². The predicted molar refractivity (Wildman–Crippen MR) is 74.7 cm³/mol. The topological polar surface area (TPSA) is 41.1 Å². The van der Waals surface area contributed by atoms with Crippen LogP contribution in [0, 0.1) is 5.41 Å². The lowest BCUT2D eigenvalue weighted by atomic mass is 9.83. The summed E-state index contributed by atoms with van der Waals surface area (Å²) in [5, 5.41) is 6.36. The molecule has 1 aromatic rings. The van der Waals surface area contributed by atoms with Crippen LogP contribution < -0.4 is 10.6 Å². The van der Waals surface area contributed by atoms with Crippen molar-refractivity contribution in [2.45, 2.75) is 33.1 Å². The van der Waals surface area contributed by atoms with E-state index in [-0.39, 0.29) is 11.3 Å². The minimum atomic E-state index is -0.220. The van der Waals surface area contributed by atoms with E-state index in [1.165, 1.54) is 5.56 Å². The molecule has 3 nitrogen and oxygen atoms in total. The highest BCUT2D eigenvalue weighted by Gasteiger charge is 2.39. The fraction of sp³-hybridized carbons (Fsp3) is 0.533. The first-order valence-electron chi connectivity index (χ1n) is 6.81. The molecule has 1 amide bonds. The van der Waals surface area contributed by atoms with Crippen molar-refractivity contribution in [3.63, 3.8) is 0 Å². The van der Waals surface area contributed by atoms with Crippen molar-refractivity contribution in [2.75, 3.05) is 18.4 Å². The van der Waals surface area contributed by atoms with Gasteiger partial charge in [0.2, 0.25) is 5.91 Å². The Kier molecular flexibility index (Phi) is 4.02. The number of anilines is 1. The molecule has 1 aromatic carbocycles. The normalized spacial score (nSPS) is 23.0. The fourth-order valence-corrected chi connectivity index (χ4v) is 2.53. The molecule has 2 rings (SSSR count). The van der Waals surface area contributed by atoms with Gasteiger partial charge in [0, 0.05) is 12.2 Å². The number of rotatable bonds is 4. The minimum Gasteiger partial charge on any atom is -0.326 e. The molecule has 1 saturated heterocycles. The van der Waals surface area contributed by atoms with Gasteiger partial charge in [0.1, 0.15) is 0 Å². The zero-order chi connectivity index (χ0) is 13.0. The van der Waals surface area contributed by atoms with Crippen molar-refractivity contribution in [3.05, 3.63) is 29.8 Å². The summed E-state index contributed by atoms with van der Waals surface area (Å²) in [6, 6.07) is 8.11. The van der Waals surface area contributed by atoms with Crippen molar-refractivity contribution in [1.82, 2.24) is 5.32 Å². The summed E-state index contributed by atoms with van der Waals surface area (Å²) in [5.74, 6) is 0.156. The molecule has 1 atom stereocenters. The van der Waals surface area contributed by atoms with Gasteiger partial charge >= 0.3 is 0 Å². The number of hydrogen-bond acceptors (Lipinski definition) is 2. The summed E-state index contributed by atoms with van der Waals surface area (Å²) in [6.07, 6.45) is 2.81. The van der Waals surface area contributed by atoms with Gasteiger partial charge in [-0.25, -0.2) is 0 Å². The van der Waals surface area contributed by atoms with Crippen molar-refractivity contribution in [3.8, 4) is 0 Å². The first-order valence-corrected chi connectivity index (χ1v) is 6.81. The number of amides is 1. The number of hydrogen-bond donors (Lipinski definition) is 2. The minimum absolute atomic E-state index is 0.156. The van der Waals surface area contributed by atoms with E-state index in [4.69, 9.17) is 0 Å². The molecule has 18 heavy (non-hydrogen) atoms. The molecule has 0 aliphatic carbocycles. The number of nitrogens with one attached hydrogen (secondary N) is 2. The third-order valence-electron chi connectivity index (χ3n) is 4.00. The van der Waals surface area contributed by atoms with Crippen LogP contribution in [0.5, 0.6) is 0 Å². The molecule has 0 bridgehead atoms. The number of carbonyl (C=O) groups excluding carboxylic acids is 1. The van der Waals surface area contributed by atoms with Gasteiger partial charge in [-0.05, 0) is 43.5 Å². The van der Waals surface area contributed by atoms with E-state index in [0.29, 0.717) is 0 Å². The second kappa shape index (κ2) is 5.53. The maximum atomic E-state index is 12.4. The van der Waals surface area contributed by atoms with Gasteiger partial charge in [0.05, 0.1) is 5.41 Å². The fourth-order valence-electron chi connectivity index (χ4n) is 2.53. The molecule has 1 unspecified atom stereocenters. The molecule has 1 fully saturated rings. The van der Waals surface area contributed by atoms with Crippen molar-refractivity contribution >= 4 is 11.6 Å². The van der Waals surface area contributed by atoms with Gasteiger partial charge in [-0.1, -0.05) is 26.0 Å². The maximum absolute atomic E-state index is 12.4. The molecule has 0 saturated carbocycles. The molecule has 2 N–H and O–H groups in total. The Hall–Kier alpha value is -1.35. The largest absolute Gasteiger partial charge is 0.326 e. The van der Waals surface area contributed by atoms with Crippen LogP contribution in [0.4, 0.5) is 5.69 Å². The first-order chi connectivity index (χ1) is 8.70. The highest BCUT2D eigenvalue weighted by Crippen LogP contribution is 2.31.